The third-order valence-electron chi connectivity index (χ3n) is 4.44. The number of aryl methyl sites for hydroxylation is 1. The highest BCUT2D eigenvalue weighted by Gasteiger charge is 2.23. The molecule has 3 heterocycles. The Morgan fingerprint density at radius 2 is 1.88 bits per heavy atom. The molecule has 134 valence electrons. The van der Waals surface area contributed by atoms with Crippen molar-refractivity contribution in [1.82, 2.24) is 19.4 Å². The van der Waals surface area contributed by atoms with Crippen LogP contribution in [0.4, 0.5) is 8.78 Å². The van der Waals surface area contributed by atoms with E-state index < -0.39 is 17.5 Å². The van der Waals surface area contributed by atoms with Gasteiger partial charge in [0.05, 0.1) is 6.20 Å². The fraction of sp³-hybridized carbons (Fsp3) is 0.444. The Morgan fingerprint density at radius 1 is 1.08 bits per heavy atom. The minimum absolute atomic E-state index is 0.303. The first kappa shape index (κ1) is 17.5. The summed E-state index contributed by atoms with van der Waals surface area (Å²) in [6.07, 6.45) is 6.84. The van der Waals surface area contributed by atoms with Gasteiger partial charge >= 0.3 is 0 Å². The summed E-state index contributed by atoms with van der Waals surface area (Å²) in [7, 11) is 0. The van der Waals surface area contributed by atoms with Gasteiger partial charge in [-0.25, -0.2) is 13.8 Å². The van der Waals surface area contributed by atoms with E-state index in [-0.39, 0.29) is 5.69 Å². The molecule has 1 saturated heterocycles. The largest absolute Gasteiger partial charge is 0.354 e. The minimum Gasteiger partial charge on any atom is -0.354 e. The summed E-state index contributed by atoms with van der Waals surface area (Å²) in [6.45, 7) is 4.68. The van der Waals surface area contributed by atoms with Crippen LogP contribution in [0.3, 0.4) is 0 Å². The van der Waals surface area contributed by atoms with E-state index in [2.05, 4.69) is 14.5 Å². The molecule has 0 saturated carbocycles. The van der Waals surface area contributed by atoms with Crippen LogP contribution in [-0.2, 0) is 6.54 Å². The van der Waals surface area contributed by atoms with Gasteiger partial charge in [0, 0.05) is 44.6 Å². The van der Waals surface area contributed by atoms with E-state index in [0.717, 1.165) is 45.2 Å². The van der Waals surface area contributed by atoms with Crippen molar-refractivity contribution in [3.63, 3.8) is 0 Å². The summed E-state index contributed by atoms with van der Waals surface area (Å²) in [5.41, 5.74) is -0.303. The molecule has 0 radical (unpaired) electrons. The highest BCUT2D eigenvalue weighted by atomic mass is 19.1. The minimum atomic E-state index is -0.905. The lowest BCUT2D eigenvalue weighted by atomic mass is 10.3. The van der Waals surface area contributed by atoms with Crippen molar-refractivity contribution < 1.29 is 13.6 Å². The number of hydrogen-bond donors (Lipinski definition) is 0. The molecular formula is C18H22F2N4O. The van der Waals surface area contributed by atoms with E-state index >= 15 is 0 Å². The van der Waals surface area contributed by atoms with Crippen molar-refractivity contribution in [1.29, 1.82) is 0 Å². The van der Waals surface area contributed by atoms with E-state index in [0.29, 0.717) is 19.2 Å². The zero-order valence-corrected chi connectivity index (χ0v) is 14.1. The quantitative estimate of drug-likeness (QED) is 0.833. The fourth-order valence-electron chi connectivity index (χ4n) is 3.12. The van der Waals surface area contributed by atoms with Crippen LogP contribution in [0.25, 0.3) is 0 Å². The summed E-state index contributed by atoms with van der Waals surface area (Å²) in [4.78, 5) is 20.0. The maximum absolute atomic E-state index is 13.8. The third kappa shape index (κ3) is 4.63. The Hall–Kier alpha value is -2.28. The molecule has 0 unspecified atom stereocenters. The Morgan fingerprint density at radius 3 is 2.64 bits per heavy atom. The number of carbonyl (C=O) groups is 1. The van der Waals surface area contributed by atoms with Crippen molar-refractivity contribution in [2.45, 2.75) is 19.4 Å². The maximum Gasteiger partial charge on any atom is 0.275 e. The molecule has 2 aromatic rings. The van der Waals surface area contributed by atoms with Crippen molar-refractivity contribution in [3.8, 4) is 0 Å². The van der Waals surface area contributed by atoms with Crippen LogP contribution in [-0.4, -0.2) is 58.0 Å². The average Bonchev–Trinajstić information content (AvgIpc) is 2.99. The fourth-order valence-corrected chi connectivity index (χ4v) is 3.12. The second-order valence-electron chi connectivity index (χ2n) is 6.25. The van der Waals surface area contributed by atoms with Crippen LogP contribution in [0.5, 0.6) is 0 Å². The molecule has 0 bridgehead atoms. The van der Waals surface area contributed by atoms with E-state index in [1.165, 1.54) is 0 Å². The predicted molar refractivity (Wildman–Crippen MR) is 90.2 cm³/mol. The molecule has 0 spiro atoms. The molecule has 0 atom stereocenters. The zero-order valence-electron chi connectivity index (χ0n) is 14.1. The Labute approximate surface area is 145 Å². The summed E-state index contributed by atoms with van der Waals surface area (Å²) in [5.74, 6) is -2.15. The number of pyridine rings is 1. The summed E-state index contributed by atoms with van der Waals surface area (Å²) in [6, 6.07) is 4.72. The SMILES string of the molecule is O=C(c1ncc(F)cc1F)N1CCCN(CCCn2cccc2)CC1. The molecule has 1 aliphatic rings. The lowest BCUT2D eigenvalue weighted by molar-refractivity contribution is 0.0750. The molecule has 0 N–H and O–H groups in total. The highest BCUT2D eigenvalue weighted by Crippen LogP contribution is 2.12. The molecule has 1 amide bonds. The van der Waals surface area contributed by atoms with Crippen LogP contribution in [0.1, 0.15) is 23.3 Å². The van der Waals surface area contributed by atoms with Crippen molar-refractivity contribution in [3.05, 3.63) is 54.1 Å². The van der Waals surface area contributed by atoms with E-state index in [9.17, 15) is 13.6 Å². The number of aromatic nitrogens is 2. The number of carbonyl (C=O) groups excluding carboxylic acids is 1. The molecule has 7 heteroatoms. The van der Waals surface area contributed by atoms with Gasteiger partial charge in [0.15, 0.2) is 11.5 Å². The van der Waals surface area contributed by atoms with Crippen LogP contribution in [0.15, 0.2) is 36.8 Å². The maximum atomic E-state index is 13.8. The van der Waals surface area contributed by atoms with Crippen LogP contribution < -0.4 is 0 Å². The first-order valence-electron chi connectivity index (χ1n) is 8.57. The van der Waals surface area contributed by atoms with Gasteiger partial charge in [-0.1, -0.05) is 0 Å². The van der Waals surface area contributed by atoms with E-state index in [4.69, 9.17) is 0 Å². The Kier molecular flexibility index (Phi) is 5.75. The predicted octanol–water partition coefficient (Wildman–Crippen LogP) is 2.40. The molecule has 5 nitrogen and oxygen atoms in total. The second kappa shape index (κ2) is 8.20. The van der Waals surface area contributed by atoms with E-state index in [1.807, 2.05) is 24.5 Å². The normalized spacial score (nSPS) is 16.0. The standard InChI is InChI=1S/C18H22F2N4O/c19-15-13-16(20)17(21-14-15)18(25)24-10-4-9-23(11-12-24)8-3-7-22-5-1-2-6-22/h1-2,5-6,13-14H,3-4,7-12H2. The van der Waals surface area contributed by atoms with Crippen molar-refractivity contribution >= 4 is 5.91 Å². The van der Waals surface area contributed by atoms with Gasteiger partial charge in [0.1, 0.15) is 5.82 Å². The molecular weight excluding hydrogens is 326 g/mol. The number of rotatable bonds is 5. The smallest absolute Gasteiger partial charge is 0.275 e. The van der Waals surface area contributed by atoms with E-state index in [1.54, 1.807) is 4.90 Å². The number of amides is 1. The van der Waals surface area contributed by atoms with Gasteiger partial charge < -0.3 is 14.4 Å². The molecule has 3 rings (SSSR count). The van der Waals surface area contributed by atoms with Gasteiger partial charge in [0.2, 0.25) is 0 Å². The summed E-state index contributed by atoms with van der Waals surface area (Å²) >= 11 is 0. The van der Waals surface area contributed by atoms with Gasteiger partial charge in [-0.3, -0.25) is 4.79 Å². The molecule has 0 aromatic carbocycles. The zero-order chi connectivity index (χ0) is 17.6. The van der Waals surface area contributed by atoms with Gasteiger partial charge in [-0.05, 0) is 38.1 Å². The monoisotopic (exact) mass is 348 g/mol. The van der Waals surface area contributed by atoms with Crippen molar-refractivity contribution in [2.75, 3.05) is 32.7 Å². The first-order valence-corrected chi connectivity index (χ1v) is 8.57. The van der Waals surface area contributed by atoms with Crippen molar-refractivity contribution in [2.24, 2.45) is 0 Å². The molecule has 1 fully saturated rings. The van der Waals surface area contributed by atoms with Gasteiger partial charge in [-0.2, -0.15) is 0 Å². The lowest BCUT2D eigenvalue weighted by Gasteiger charge is -2.22. The Bertz CT molecular complexity index is 705. The number of nitrogens with zero attached hydrogens (tertiary/aromatic N) is 4. The molecule has 1 aliphatic heterocycles. The van der Waals surface area contributed by atoms with Crippen LogP contribution in [0, 0.1) is 11.6 Å². The molecule has 2 aromatic heterocycles. The molecule has 0 aliphatic carbocycles. The van der Waals surface area contributed by atoms with Gasteiger partial charge in [-0.15, -0.1) is 0 Å². The van der Waals surface area contributed by atoms with Crippen LogP contribution >= 0.6 is 0 Å². The number of hydrogen-bond acceptors (Lipinski definition) is 3. The first-order chi connectivity index (χ1) is 12.1. The third-order valence-corrected chi connectivity index (χ3v) is 4.44. The highest BCUT2D eigenvalue weighted by molar-refractivity contribution is 5.92. The van der Waals surface area contributed by atoms with Gasteiger partial charge in [0.25, 0.3) is 5.91 Å². The second-order valence-corrected chi connectivity index (χ2v) is 6.25. The summed E-state index contributed by atoms with van der Waals surface area (Å²) in [5, 5.41) is 0. The topological polar surface area (TPSA) is 41.4 Å². The number of halogens is 2. The molecule has 25 heavy (non-hydrogen) atoms. The van der Waals surface area contributed by atoms with Crippen LogP contribution in [0.2, 0.25) is 0 Å². The summed E-state index contributed by atoms with van der Waals surface area (Å²) < 4.78 is 28.9. The lowest BCUT2D eigenvalue weighted by Crippen LogP contribution is -2.36. The average molecular weight is 348 g/mol. The Balaban J connectivity index is 1.51.